The Labute approximate surface area is 123 Å². The Bertz CT molecular complexity index is 615. The van der Waals surface area contributed by atoms with Crippen LogP contribution in [0.25, 0.3) is 0 Å². The molecule has 1 fully saturated rings. The number of carbonyl (C=O) groups is 1. The van der Waals surface area contributed by atoms with Crippen LogP contribution in [0.15, 0.2) is 34.9 Å². The predicted octanol–water partition coefficient (Wildman–Crippen LogP) is 2.17. The van der Waals surface area contributed by atoms with Crippen molar-refractivity contribution in [2.45, 2.75) is 38.9 Å². The molecule has 21 heavy (non-hydrogen) atoms. The standard InChI is InChI=1S/C16H19N3O2/c1-11-2-4-12(5-3-11)9-18-16(20)15-8-14(21-19-15)10-17-13-6-7-13/h2-5,8,13,17H,6-7,9-10H2,1H3,(H,18,20). The molecule has 1 heterocycles. The van der Waals surface area contributed by atoms with Crippen molar-refractivity contribution in [1.29, 1.82) is 0 Å². The van der Waals surface area contributed by atoms with Gasteiger partial charge in [0, 0.05) is 18.7 Å². The van der Waals surface area contributed by atoms with E-state index in [4.69, 9.17) is 4.52 Å². The molecule has 3 rings (SSSR count). The largest absolute Gasteiger partial charge is 0.359 e. The van der Waals surface area contributed by atoms with Crippen LogP contribution in [0.4, 0.5) is 0 Å². The maximum atomic E-state index is 12.0. The van der Waals surface area contributed by atoms with E-state index >= 15 is 0 Å². The quantitative estimate of drug-likeness (QED) is 0.853. The highest BCUT2D eigenvalue weighted by atomic mass is 16.5. The minimum atomic E-state index is -0.211. The van der Waals surface area contributed by atoms with Crippen LogP contribution in [0.2, 0.25) is 0 Å². The summed E-state index contributed by atoms with van der Waals surface area (Å²) in [5, 5.41) is 9.98. The zero-order chi connectivity index (χ0) is 14.7. The van der Waals surface area contributed by atoms with Crippen molar-refractivity contribution in [2.24, 2.45) is 0 Å². The number of carbonyl (C=O) groups excluding carboxylic acids is 1. The fourth-order valence-corrected chi connectivity index (χ4v) is 2.01. The first kappa shape index (κ1) is 13.8. The van der Waals surface area contributed by atoms with E-state index < -0.39 is 0 Å². The molecule has 0 atom stereocenters. The molecule has 0 radical (unpaired) electrons. The lowest BCUT2D eigenvalue weighted by Gasteiger charge is -2.03. The summed E-state index contributed by atoms with van der Waals surface area (Å²) in [6.45, 7) is 3.15. The molecule has 1 aromatic heterocycles. The summed E-state index contributed by atoms with van der Waals surface area (Å²) in [6, 6.07) is 10.4. The number of aryl methyl sites for hydroxylation is 1. The van der Waals surface area contributed by atoms with Gasteiger partial charge in [0.05, 0.1) is 6.54 Å². The number of aromatic nitrogens is 1. The molecule has 0 aliphatic heterocycles. The number of rotatable bonds is 6. The van der Waals surface area contributed by atoms with Gasteiger partial charge in [0.25, 0.3) is 5.91 Å². The molecular weight excluding hydrogens is 266 g/mol. The number of amides is 1. The summed E-state index contributed by atoms with van der Waals surface area (Å²) in [5.41, 5.74) is 2.59. The maximum Gasteiger partial charge on any atom is 0.273 e. The second kappa shape index (κ2) is 6.10. The Hall–Kier alpha value is -2.14. The fourth-order valence-electron chi connectivity index (χ4n) is 2.01. The molecule has 1 saturated carbocycles. The van der Waals surface area contributed by atoms with Crippen LogP contribution in [0.5, 0.6) is 0 Å². The third-order valence-electron chi connectivity index (χ3n) is 3.51. The molecule has 0 unspecified atom stereocenters. The predicted molar refractivity (Wildman–Crippen MR) is 78.7 cm³/mol. The zero-order valence-corrected chi connectivity index (χ0v) is 12.1. The van der Waals surface area contributed by atoms with E-state index in [0.717, 1.165) is 5.56 Å². The Morgan fingerprint density at radius 3 is 2.76 bits per heavy atom. The van der Waals surface area contributed by atoms with Gasteiger partial charge in [0.2, 0.25) is 0 Å². The van der Waals surface area contributed by atoms with Crippen molar-refractivity contribution < 1.29 is 9.32 Å². The molecule has 1 amide bonds. The molecular formula is C16H19N3O2. The molecule has 2 aromatic rings. The molecule has 0 bridgehead atoms. The Morgan fingerprint density at radius 2 is 2.05 bits per heavy atom. The van der Waals surface area contributed by atoms with Crippen LogP contribution < -0.4 is 10.6 Å². The van der Waals surface area contributed by atoms with Crippen molar-refractivity contribution in [3.63, 3.8) is 0 Å². The summed E-state index contributed by atoms with van der Waals surface area (Å²) in [6.07, 6.45) is 2.44. The monoisotopic (exact) mass is 285 g/mol. The van der Waals surface area contributed by atoms with E-state index in [1.807, 2.05) is 31.2 Å². The Balaban J connectivity index is 1.51. The van der Waals surface area contributed by atoms with Crippen molar-refractivity contribution in [2.75, 3.05) is 0 Å². The molecule has 1 aromatic carbocycles. The first-order valence-corrected chi connectivity index (χ1v) is 7.23. The van der Waals surface area contributed by atoms with E-state index in [2.05, 4.69) is 15.8 Å². The van der Waals surface area contributed by atoms with Crippen LogP contribution >= 0.6 is 0 Å². The average Bonchev–Trinajstić information content (AvgIpc) is 3.20. The fraction of sp³-hybridized carbons (Fsp3) is 0.375. The third kappa shape index (κ3) is 3.92. The number of benzene rings is 1. The zero-order valence-electron chi connectivity index (χ0n) is 12.1. The lowest BCUT2D eigenvalue weighted by atomic mass is 10.1. The minimum absolute atomic E-state index is 0.211. The maximum absolute atomic E-state index is 12.0. The van der Waals surface area contributed by atoms with E-state index in [9.17, 15) is 4.79 Å². The number of hydrogen-bond donors (Lipinski definition) is 2. The van der Waals surface area contributed by atoms with Crippen LogP contribution in [0.1, 0.15) is 40.2 Å². The lowest BCUT2D eigenvalue weighted by molar-refractivity contribution is 0.0941. The summed E-state index contributed by atoms with van der Waals surface area (Å²) < 4.78 is 5.16. The van der Waals surface area contributed by atoms with Gasteiger partial charge in [-0.2, -0.15) is 0 Å². The van der Waals surface area contributed by atoms with Crippen molar-refractivity contribution in [1.82, 2.24) is 15.8 Å². The van der Waals surface area contributed by atoms with Gasteiger partial charge in [-0.1, -0.05) is 35.0 Å². The molecule has 2 N–H and O–H groups in total. The van der Waals surface area contributed by atoms with Crippen LogP contribution in [0, 0.1) is 6.92 Å². The highest BCUT2D eigenvalue weighted by Gasteiger charge is 2.21. The van der Waals surface area contributed by atoms with Gasteiger partial charge in [-0.25, -0.2) is 0 Å². The van der Waals surface area contributed by atoms with E-state index in [-0.39, 0.29) is 5.91 Å². The molecule has 1 aliphatic rings. The highest BCUT2D eigenvalue weighted by molar-refractivity contribution is 5.92. The number of nitrogens with zero attached hydrogens (tertiary/aromatic N) is 1. The first-order chi connectivity index (χ1) is 10.2. The average molecular weight is 285 g/mol. The van der Waals surface area contributed by atoms with Gasteiger partial charge in [0.1, 0.15) is 0 Å². The summed E-state index contributed by atoms with van der Waals surface area (Å²) >= 11 is 0. The molecule has 5 heteroatoms. The van der Waals surface area contributed by atoms with E-state index in [1.165, 1.54) is 18.4 Å². The summed E-state index contributed by atoms with van der Waals surface area (Å²) in [5.74, 6) is 0.486. The molecule has 0 spiro atoms. The van der Waals surface area contributed by atoms with Gasteiger partial charge in [-0.3, -0.25) is 4.79 Å². The van der Waals surface area contributed by atoms with Gasteiger partial charge in [-0.05, 0) is 25.3 Å². The summed E-state index contributed by atoms with van der Waals surface area (Å²) in [7, 11) is 0. The van der Waals surface area contributed by atoms with Gasteiger partial charge in [-0.15, -0.1) is 0 Å². The lowest BCUT2D eigenvalue weighted by Crippen LogP contribution is -2.23. The third-order valence-corrected chi connectivity index (χ3v) is 3.51. The van der Waals surface area contributed by atoms with Crippen molar-refractivity contribution in [3.8, 4) is 0 Å². The Morgan fingerprint density at radius 1 is 1.29 bits per heavy atom. The Kier molecular flexibility index (Phi) is 4.01. The van der Waals surface area contributed by atoms with Crippen molar-refractivity contribution >= 4 is 5.91 Å². The minimum Gasteiger partial charge on any atom is -0.359 e. The van der Waals surface area contributed by atoms with Gasteiger partial charge in [0.15, 0.2) is 11.5 Å². The number of hydrogen-bond acceptors (Lipinski definition) is 4. The van der Waals surface area contributed by atoms with Crippen molar-refractivity contribution in [3.05, 3.63) is 52.9 Å². The van der Waals surface area contributed by atoms with Crippen LogP contribution in [0.3, 0.4) is 0 Å². The SMILES string of the molecule is Cc1ccc(CNC(=O)c2cc(CNC3CC3)on2)cc1. The van der Waals surface area contributed by atoms with E-state index in [1.54, 1.807) is 6.07 Å². The topological polar surface area (TPSA) is 67.2 Å². The normalized spacial score (nSPS) is 14.1. The van der Waals surface area contributed by atoms with Crippen LogP contribution in [-0.2, 0) is 13.1 Å². The second-order valence-corrected chi connectivity index (χ2v) is 5.50. The molecule has 1 aliphatic carbocycles. The van der Waals surface area contributed by atoms with Gasteiger partial charge < -0.3 is 15.2 Å². The van der Waals surface area contributed by atoms with Gasteiger partial charge >= 0.3 is 0 Å². The van der Waals surface area contributed by atoms with Crippen LogP contribution in [-0.4, -0.2) is 17.1 Å². The molecule has 110 valence electrons. The molecule has 5 nitrogen and oxygen atoms in total. The highest BCUT2D eigenvalue weighted by Crippen LogP contribution is 2.19. The smallest absolute Gasteiger partial charge is 0.273 e. The van der Waals surface area contributed by atoms with E-state index in [0.29, 0.717) is 30.6 Å². The first-order valence-electron chi connectivity index (χ1n) is 7.23. The molecule has 0 saturated heterocycles. The second-order valence-electron chi connectivity index (χ2n) is 5.50. The number of nitrogens with one attached hydrogen (secondary N) is 2. The summed E-state index contributed by atoms with van der Waals surface area (Å²) in [4.78, 5) is 12.0.